The van der Waals surface area contributed by atoms with Crippen molar-refractivity contribution in [2.75, 3.05) is 0 Å². The number of hydrogen-bond acceptors (Lipinski definition) is 2. The van der Waals surface area contributed by atoms with E-state index < -0.39 is 0 Å². The average Bonchev–Trinajstić information content (AvgIpc) is 1.91. The Morgan fingerprint density at radius 1 is 1.43 bits per heavy atom. The third-order valence-electron chi connectivity index (χ3n) is 1.35. The second-order valence-electron chi connectivity index (χ2n) is 2.06. The fraction of sp³-hybridized carbons (Fsp3) is 1.00. The van der Waals surface area contributed by atoms with E-state index in [-0.39, 0.29) is 0 Å². The molecule has 7 heavy (non-hydrogen) atoms. The topological polar surface area (TPSA) is 18.5 Å². The van der Waals surface area contributed by atoms with E-state index in [9.17, 15) is 0 Å². The van der Waals surface area contributed by atoms with Crippen LogP contribution in [0.5, 0.6) is 0 Å². The fourth-order valence-electron chi connectivity index (χ4n) is 0.484. The summed E-state index contributed by atoms with van der Waals surface area (Å²) in [4.78, 5) is 9.43. The first-order valence-electron chi connectivity index (χ1n) is 2.59. The molecule has 2 atom stereocenters. The van der Waals surface area contributed by atoms with Gasteiger partial charge in [-0.1, -0.05) is 6.92 Å². The lowest BCUT2D eigenvalue weighted by Gasteiger charge is -2.00. The van der Waals surface area contributed by atoms with Crippen LogP contribution in [-0.4, -0.2) is 13.6 Å². The van der Waals surface area contributed by atoms with Crippen molar-refractivity contribution >= 4 is 7.48 Å². The van der Waals surface area contributed by atoms with Gasteiger partial charge in [-0.05, 0) is 12.7 Å². The molecule has 0 spiro atoms. The second-order valence-corrected chi connectivity index (χ2v) is 2.06. The Bertz CT molecular complexity index is 58.7. The van der Waals surface area contributed by atoms with E-state index in [1.54, 1.807) is 0 Å². The molecular weight excluding hydrogens is 90.9 g/mol. The zero-order valence-electron chi connectivity index (χ0n) is 4.68. The molecule has 1 fully saturated rings. The minimum atomic E-state index is 0.292. The molecule has 0 bridgehead atoms. The SMILES string of the molecule is CC1BOOC1C. The number of hydrogen-bond donors (Lipinski definition) is 0. The van der Waals surface area contributed by atoms with E-state index in [4.69, 9.17) is 4.89 Å². The summed E-state index contributed by atoms with van der Waals surface area (Å²) in [7, 11) is 0.751. The maximum Gasteiger partial charge on any atom is 0.328 e. The van der Waals surface area contributed by atoms with Crippen molar-refractivity contribution < 1.29 is 9.69 Å². The second kappa shape index (κ2) is 1.84. The van der Waals surface area contributed by atoms with Crippen LogP contribution >= 0.6 is 0 Å². The van der Waals surface area contributed by atoms with Crippen molar-refractivity contribution in [3.8, 4) is 0 Å². The Balaban J connectivity index is 2.33. The van der Waals surface area contributed by atoms with Gasteiger partial charge in [0.2, 0.25) is 0 Å². The first-order valence-corrected chi connectivity index (χ1v) is 2.59. The van der Waals surface area contributed by atoms with Crippen LogP contribution in [0.15, 0.2) is 0 Å². The van der Waals surface area contributed by atoms with Gasteiger partial charge in [-0.25, -0.2) is 0 Å². The molecule has 0 amide bonds. The van der Waals surface area contributed by atoms with Crippen molar-refractivity contribution in [3.05, 3.63) is 0 Å². The Labute approximate surface area is 44.0 Å². The van der Waals surface area contributed by atoms with E-state index in [0.717, 1.165) is 7.48 Å². The summed E-state index contributed by atoms with van der Waals surface area (Å²) in [5.41, 5.74) is 0. The van der Waals surface area contributed by atoms with Gasteiger partial charge in [-0.15, -0.1) is 0 Å². The molecule has 1 aliphatic rings. The molecule has 0 aromatic carbocycles. The van der Waals surface area contributed by atoms with E-state index in [2.05, 4.69) is 11.7 Å². The van der Waals surface area contributed by atoms with E-state index in [1.807, 2.05) is 6.92 Å². The molecule has 0 aromatic rings. The predicted molar refractivity (Wildman–Crippen MR) is 28.2 cm³/mol. The molecule has 1 aliphatic heterocycles. The molecule has 0 aromatic heterocycles. The molecule has 1 rings (SSSR count). The molecule has 0 radical (unpaired) electrons. The number of rotatable bonds is 0. The highest BCUT2D eigenvalue weighted by Gasteiger charge is 2.22. The Hall–Kier alpha value is -0.0151. The zero-order valence-corrected chi connectivity index (χ0v) is 4.68. The normalized spacial score (nSPS) is 40.9. The lowest BCUT2D eigenvalue weighted by Crippen LogP contribution is -2.03. The molecule has 40 valence electrons. The van der Waals surface area contributed by atoms with Crippen LogP contribution in [0.25, 0.3) is 0 Å². The van der Waals surface area contributed by atoms with Gasteiger partial charge in [-0.3, -0.25) is 4.89 Å². The van der Waals surface area contributed by atoms with Crippen molar-refractivity contribution in [3.63, 3.8) is 0 Å². The smallest absolute Gasteiger partial charge is 0.309 e. The fourth-order valence-corrected chi connectivity index (χ4v) is 0.484. The van der Waals surface area contributed by atoms with Gasteiger partial charge in [0.05, 0.1) is 6.10 Å². The van der Waals surface area contributed by atoms with Gasteiger partial charge in [0.25, 0.3) is 0 Å². The van der Waals surface area contributed by atoms with Gasteiger partial charge >= 0.3 is 7.48 Å². The van der Waals surface area contributed by atoms with Crippen LogP contribution in [0.4, 0.5) is 0 Å². The third kappa shape index (κ3) is 0.953. The predicted octanol–water partition coefficient (Wildman–Crippen LogP) is 0.497. The molecule has 0 saturated carbocycles. The summed E-state index contributed by atoms with van der Waals surface area (Å²) in [5.74, 6) is 0.569. The quantitative estimate of drug-likeness (QED) is 0.326. The highest BCUT2D eigenvalue weighted by molar-refractivity contribution is 6.29. The third-order valence-corrected chi connectivity index (χ3v) is 1.35. The van der Waals surface area contributed by atoms with Gasteiger partial charge in [-0.2, -0.15) is 0 Å². The van der Waals surface area contributed by atoms with Crippen molar-refractivity contribution in [1.29, 1.82) is 0 Å². The lowest BCUT2D eigenvalue weighted by atomic mass is 9.80. The van der Waals surface area contributed by atoms with Crippen LogP contribution in [0, 0.1) is 0 Å². The van der Waals surface area contributed by atoms with Crippen LogP contribution in [0.3, 0.4) is 0 Å². The standard InChI is InChI=1S/C4H9BO2/c1-3-4(2)6-7-5-3/h3-5H,1-2H3. The van der Waals surface area contributed by atoms with Crippen LogP contribution in [0.2, 0.25) is 5.82 Å². The molecule has 1 heterocycles. The van der Waals surface area contributed by atoms with Gasteiger partial charge in [0, 0.05) is 0 Å². The maximum absolute atomic E-state index is 4.77. The first-order chi connectivity index (χ1) is 3.30. The highest BCUT2D eigenvalue weighted by atomic mass is 17.2. The summed E-state index contributed by atoms with van der Waals surface area (Å²) >= 11 is 0. The van der Waals surface area contributed by atoms with E-state index in [1.165, 1.54) is 0 Å². The highest BCUT2D eigenvalue weighted by Crippen LogP contribution is 2.18. The van der Waals surface area contributed by atoms with Gasteiger partial charge in [0.1, 0.15) is 0 Å². The maximum atomic E-state index is 4.77. The van der Waals surface area contributed by atoms with Crippen molar-refractivity contribution in [2.24, 2.45) is 0 Å². The summed E-state index contributed by atoms with van der Waals surface area (Å²) < 4.78 is 0. The lowest BCUT2D eigenvalue weighted by molar-refractivity contribution is -0.215. The Morgan fingerprint density at radius 3 is 2.29 bits per heavy atom. The largest absolute Gasteiger partial charge is 0.328 e. The summed E-state index contributed by atoms with van der Waals surface area (Å²) in [5, 5.41) is 0. The van der Waals surface area contributed by atoms with Gasteiger partial charge in [0.15, 0.2) is 0 Å². The Kier molecular flexibility index (Phi) is 1.35. The van der Waals surface area contributed by atoms with Crippen molar-refractivity contribution in [1.82, 2.24) is 0 Å². The molecule has 3 heteroatoms. The van der Waals surface area contributed by atoms with Crippen molar-refractivity contribution in [2.45, 2.75) is 25.8 Å². The minimum Gasteiger partial charge on any atom is -0.309 e. The van der Waals surface area contributed by atoms with Crippen LogP contribution in [-0.2, 0) is 9.69 Å². The molecule has 1 saturated heterocycles. The Morgan fingerprint density at radius 2 is 2.14 bits per heavy atom. The van der Waals surface area contributed by atoms with Gasteiger partial charge < -0.3 is 4.81 Å². The van der Waals surface area contributed by atoms with E-state index >= 15 is 0 Å². The summed E-state index contributed by atoms with van der Waals surface area (Å²) in [6, 6.07) is 0. The molecule has 2 unspecified atom stereocenters. The molecule has 2 nitrogen and oxygen atoms in total. The van der Waals surface area contributed by atoms with Crippen LogP contribution < -0.4 is 0 Å². The molecule has 0 N–H and O–H groups in total. The summed E-state index contributed by atoms with van der Waals surface area (Å²) in [6.07, 6.45) is 0.292. The molecular formula is C4H9BO2. The summed E-state index contributed by atoms with van der Waals surface area (Å²) in [6.45, 7) is 4.12. The van der Waals surface area contributed by atoms with E-state index in [0.29, 0.717) is 11.9 Å². The zero-order chi connectivity index (χ0) is 5.28. The van der Waals surface area contributed by atoms with Crippen LogP contribution in [0.1, 0.15) is 13.8 Å². The minimum absolute atomic E-state index is 0.292. The molecule has 0 aliphatic carbocycles. The monoisotopic (exact) mass is 100 g/mol. The average molecular weight is 99.9 g/mol. The first kappa shape index (κ1) is 5.13.